The quantitative estimate of drug-likeness (QED) is 0.204. The molecule has 1 fully saturated rings. The molecule has 0 spiro atoms. The van der Waals surface area contributed by atoms with E-state index in [1.54, 1.807) is 12.1 Å². The summed E-state index contributed by atoms with van der Waals surface area (Å²) in [4.78, 5) is 38.0. The number of nitrogen functional groups attached to an aromatic ring is 1. The average Bonchev–Trinajstić information content (AvgIpc) is 3.42. The second-order valence-electron chi connectivity index (χ2n) is 7.94. The van der Waals surface area contributed by atoms with Crippen molar-refractivity contribution < 1.29 is 28.2 Å². The number of amides is 1. The molecule has 0 unspecified atom stereocenters. The summed E-state index contributed by atoms with van der Waals surface area (Å²) < 4.78 is 24.3. The van der Waals surface area contributed by atoms with E-state index < -0.39 is 17.2 Å². The van der Waals surface area contributed by atoms with Crippen LogP contribution < -0.4 is 15.8 Å². The molecular formula is C23H27ClFN3O5S. The summed E-state index contributed by atoms with van der Waals surface area (Å²) in [5.41, 5.74) is 4.82. The summed E-state index contributed by atoms with van der Waals surface area (Å²) in [6, 6.07) is 6.68. The highest BCUT2D eigenvalue weighted by atomic mass is 35.5. The second kappa shape index (κ2) is 11.4. The lowest BCUT2D eigenvalue weighted by molar-refractivity contribution is -0.138. The molecule has 4 N–H and O–H groups in total. The number of amidine groups is 1. The van der Waals surface area contributed by atoms with Gasteiger partial charge in [0.05, 0.1) is 17.9 Å². The van der Waals surface area contributed by atoms with Crippen LogP contribution in [0.4, 0.5) is 4.39 Å². The molecule has 2 heterocycles. The number of hydrogen-bond acceptors (Lipinski definition) is 7. The van der Waals surface area contributed by atoms with Crippen molar-refractivity contribution in [3.05, 3.63) is 51.5 Å². The van der Waals surface area contributed by atoms with Gasteiger partial charge < -0.3 is 20.5 Å². The number of carbonyl (C=O) groups is 3. The Balaban J connectivity index is 0.00000408. The van der Waals surface area contributed by atoms with Crippen molar-refractivity contribution in [3.63, 3.8) is 0 Å². The van der Waals surface area contributed by atoms with Gasteiger partial charge in [-0.05, 0) is 49.6 Å². The third-order valence-corrected chi connectivity index (χ3v) is 6.92. The molecule has 1 amide bonds. The Bertz CT molecular complexity index is 1090. The van der Waals surface area contributed by atoms with Gasteiger partial charge in [0.2, 0.25) is 5.91 Å². The van der Waals surface area contributed by atoms with Gasteiger partial charge in [-0.2, -0.15) is 0 Å². The van der Waals surface area contributed by atoms with Gasteiger partial charge in [0, 0.05) is 10.4 Å². The fourth-order valence-electron chi connectivity index (χ4n) is 3.66. The maximum Gasteiger partial charge on any atom is 0.353 e. The minimum absolute atomic E-state index is 0. The van der Waals surface area contributed by atoms with Crippen LogP contribution >= 0.6 is 23.7 Å². The van der Waals surface area contributed by atoms with Gasteiger partial charge in [0.15, 0.2) is 11.6 Å². The molecule has 1 aromatic carbocycles. The fourth-order valence-corrected chi connectivity index (χ4v) is 4.69. The summed E-state index contributed by atoms with van der Waals surface area (Å²) in [7, 11) is 0. The first-order valence-electron chi connectivity index (χ1n) is 10.6. The molecule has 3 rings (SSSR count). The number of nitrogens with one attached hydrogen (secondary N) is 2. The normalized spacial score (nSPS) is 15.3. The van der Waals surface area contributed by atoms with E-state index in [2.05, 4.69) is 5.32 Å². The Hall–Kier alpha value is -2.98. The van der Waals surface area contributed by atoms with Gasteiger partial charge in [-0.1, -0.05) is 13.8 Å². The molecule has 1 aliphatic heterocycles. The number of nitrogens with two attached hydrogens (primary N) is 1. The number of carbonyl (C=O) groups excluding carboxylic acids is 3. The topological polar surface area (TPSA) is 132 Å². The van der Waals surface area contributed by atoms with Gasteiger partial charge in [-0.15, -0.1) is 23.7 Å². The smallest absolute Gasteiger partial charge is 0.353 e. The van der Waals surface area contributed by atoms with Crippen LogP contribution in [0.15, 0.2) is 30.3 Å². The maximum atomic E-state index is 14.2. The lowest BCUT2D eigenvalue weighted by Gasteiger charge is -2.31. The Morgan fingerprint density at radius 1 is 1.29 bits per heavy atom. The van der Waals surface area contributed by atoms with Crippen molar-refractivity contribution in [1.29, 1.82) is 5.41 Å². The lowest BCUT2D eigenvalue weighted by Crippen LogP contribution is -2.46. The predicted octanol–water partition coefficient (Wildman–Crippen LogP) is 3.59. The Labute approximate surface area is 206 Å². The molecule has 184 valence electrons. The van der Waals surface area contributed by atoms with Crippen molar-refractivity contribution in [2.45, 2.75) is 45.6 Å². The highest BCUT2D eigenvalue weighted by Gasteiger charge is 2.38. The fraction of sp³-hybridized carbons (Fsp3) is 0.391. The van der Waals surface area contributed by atoms with Crippen LogP contribution in [0.25, 0.3) is 0 Å². The second-order valence-corrected chi connectivity index (χ2v) is 9.10. The zero-order valence-electron chi connectivity index (χ0n) is 18.8. The summed E-state index contributed by atoms with van der Waals surface area (Å²) >= 11 is 1.18. The zero-order valence-corrected chi connectivity index (χ0v) is 20.4. The molecule has 0 bridgehead atoms. The maximum absolute atomic E-state index is 14.2. The molecule has 34 heavy (non-hydrogen) atoms. The molecular weight excluding hydrogens is 485 g/mol. The van der Waals surface area contributed by atoms with Gasteiger partial charge in [0.25, 0.3) is 0 Å². The van der Waals surface area contributed by atoms with Crippen LogP contribution in [0.3, 0.4) is 0 Å². The standard InChI is InChI=1S/C23H26FN3O5S.ClH/c1-3-23(4-2,22(30)27-14-10-19(28)31-12-14)11-15-6-8-18(33-15)21(29)32-17-7-5-13(20(25)26)9-16(17)24;/h5-9,14H,3-4,10-12H2,1-2H3,(H3,25,26)(H,27,30);1H/t14-;/m0./s1. The highest BCUT2D eigenvalue weighted by Crippen LogP contribution is 2.34. The number of thiophene rings is 1. The third kappa shape index (κ3) is 6.12. The summed E-state index contributed by atoms with van der Waals surface area (Å²) in [6.45, 7) is 4.03. The van der Waals surface area contributed by atoms with E-state index in [-0.39, 0.29) is 65.4 Å². The Morgan fingerprint density at radius 2 is 2.00 bits per heavy atom. The van der Waals surface area contributed by atoms with E-state index in [9.17, 15) is 18.8 Å². The van der Waals surface area contributed by atoms with Crippen molar-refractivity contribution in [3.8, 4) is 5.75 Å². The molecule has 1 aliphatic rings. The number of cyclic esters (lactones) is 1. The van der Waals surface area contributed by atoms with Crippen LogP contribution in [0.5, 0.6) is 5.75 Å². The number of hydrogen-bond donors (Lipinski definition) is 3. The van der Waals surface area contributed by atoms with Crippen LogP contribution in [0, 0.1) is 16.6 Å². The molecule has 1 aromatic heterocycles. The van der Waals surface area contributed by atoms with Crippen molar-refractivity contribution in [2.75, 3.05) is 6.61 Å². The van der Waals surface area contributed by atoms with E-state index in [0.29, 0.717) is 19.3 Å². The van der Waals surface area contributed by atoms with Crippen LogP contribution in [-0.2, 0) is 20.7 Å². The zero-order chi connectivity index (χ0) is 24.2. The van der Waals surface area contributed by atoms with E-state index in [0.717, 1.165) is 10.9 Å². The van der Waals surface area contributed by atoms with E-state index >= 15 is 0 Å². The molecule has 0 radical (unpaired) electrons. The minimum Gasteiger partial charge on any atom is -0.463 e. The largest absolute Gasteiger partial charge is 0.463 e. The van der Waals surface area contributed by atoms with Gasteiger partial charge in [0.1, 0.15) is 17.3 Å². The van der Waals surface area contributed by atoms with Crippen LogP contribution in [0.2, 0.25) is 0 Å². The van der Waals surface area contributed by atoms with E-state index in [1.165, 1.54) is 23.5 Å². The molecule has 8 nitrogen and oxygen atoms in total. The van der Waals surface area contributed by atoms with E-state index in [4.69, 9.17) is 20.6 Å². The Morgan fingerprint density at radius 3 is 2.56 bits per heavy atom. The van der Waals surface area contributed by atoms with Crippen LogP contribution in [-0.4, -0.2) is 36.3 Å². The molecule has 1 saturated heterocycles. The number of rotatable bonds is 9. The number of ether oxygens (including phenoxy) is 2. The first-order chi connectivity index (χ1) is 15.7. The van der Waals surface area contributed by atoms with Crippen molar-refractivity contribution >= 4 is 47.4 Å². The van der Waals surface area contributed by atoms with Crippen LogP contribution in [0.1, 0.15) is 53.2 Å². The average molecular weight is 512 g/mol. The predicted molar refractivity (Wildman–Crippen MR) is 128 cm³/mol. The summed E-state index contributed by atoms with van der Waals surface area (Å²) in [5.74, 6) is -2.54. The molecule has 0 saturated carbocycles. The van der Waals surface area contributed by atoms with Crippen molar-refractivity contribution in [2.24, 2.45) is 11.1 Å². The van der Waals surface area contributed by atoms with Gasteiger partial charge >= 0.3 is 11.9 Å². The molecule has 1 atom stereocenters. The molecule has 11 heteroatoms. The summed E-state index contributed by atoms with van der Waals surface area (Å²) in [6.07, 6.45) is 1.71. The minimum atomic E-state index is -0.796. The van der Waals surface area contributed by atoms with Gasteiger partial charge in [-0.25, -0.2) is 9.18 Å². The summed E-state index contributed by atoms with van der Waals surface area (Å²) in [5, 5.41) is 10.3. The van der Waals surface area contributed by atoms with Crippen molar-refractivity contribution in [1.82, 2.24) is 5.32 Å². The SMILES string of the molecule is CCC(CC)(Cc1ccc(C(=O)Oc2ccc(C(=N)N)cc2F)s1)C(=O)N[C@@H]1COC(=O)C1.Cl. The first-order valence-corrected chi connectivity index (χ1v) is 11.4. The first kappa shape index (κ1) is 27.3. The number of esters is 2. The lowest BCUT2D eigenvalue weighted by atomic mass is 9.77. The molecule has 0 aliphatic carbocycles. The monoisotopic (exact) mass is 511 g/mol. The Kier molecular flexibility index (Phi) is 9.17. The van der Waals surface area contributed by atoms with Gasteiger partial charge in [-0.3, -0.25) is 15.0 Å². The number of halogens is 2. The third-order valence-electron chi connectivity index (χ3n) is 5.85. The highest BCUT2D eigenvalue weighted by molar-refractivity contribution is 7.14. The van der Waals surface area contributed by atoms with E-state index in [1.807, 2.05) is 13.8 Å². The molecule has 2 aromatic rings. The number of benzene rings is 1.